The zero-order valence-electron chi connectivity index (χ0n) is 17.2. The van der Waals surface area contributed by atoms with Crippen LogP contribution in [0.3, 0.4) is 0 Å². The Hall–Kier alpha value is -2.93. The van der Waals surface area contributed by atoms with Crippen LogP contribution in [0.4, 0.5) is 11.6 Å². The van der Waals surface area contributed by atoms with Gasteiger partial charge in [0, 0.05) is 29.8 Å². The molecule has 3 aromatic rings. The zero-order valence-corrected chi connectivity index (χ0v) is 17.2. The lowest BCUT2D eigenvalue weighted by Crippen LogP contribution is -2.22. The quantitative estimate of drug-likeness (QED) is 0.590. The Kier molecular flexibility index (Phi) is 5.38. The number of hydrogen-bond acceptors (Lipinski definition) is 6. The molecule has 0 spiro atoms. The molecule has 2 aromatic heterocycles. The predicted octanol–water partition coefficient (Wildman–Crippen LogP) is 4.28. The third-order valence-corrected chi connectivity index (χ3v) is 4.43. The Morgan fingerprint density at radius 1 is 1.18 bits per heavy atom. The maximum Gasteiger partial charge on any atom is 0.227 e. The summed E-state index contributed by atoms with van der Waals surface area (Å²) in [7, 11) is 1.62. The van der Waals surface area contributed by atoms with E-state index in [4.69, 9.17) is 4.74 Å². The number of aryl methyl sites for hydroxylation is 1. The highest BCUT2D eigenvalue weighted by molar-refractivity contribution is 5.70. The molecular weight excluding hydrogens is 354 g/mol. The van der Waals surface area contributed by atoms with Gasteiger partial charge in [0.05, 0.1) is 18.4 Å². The standard InChI is InChI=1S/C21H27N5O2/c1-12(2)16-11-23-20(26-18(16)21(4,5)27)25-14-7-8-15(17(9-14)28-6)19-22-10-13(3)24-19/h7-12,27H,1-6H3,(H,22,24)(H,23,25,26). The number of anilines is 2. The first-order chi connectivity index (χ1) is 13.2. The van der Waals surface area contributed by atoms with E-state index in [-0.39, 0.29) is 5.92 Å². The summed E-state index contributed by atoms with van der Waals surface area (Å²) in [4.78, 5) is 16.6. The molecule has 0 saturated heterocycles. The van der Waals surface area contributed by atoms with Crippen LogP contribution in [0, 0.1) is 6.92 Å². The van der Waals surface area contributed by atoms with Crippen molar-refractivity contribution < 1.29 is 9.84 Å². The monoisotopic (exact) mass is 381 g/mol. The minimum atomic E-state index is -1.06. The lowest BCUT2D eigenvalue weighted by atomic mass is 9.94. The third-order valence-electron chi connectivity index (χ3n) is 4.43. The number of H-pyrrole nitrogens is 1. The van der Waals surface area contributed by atoms with Crippen LogP contribution in [0.15, 0.2) is 30.6 Å². The molecule has 0 unspecified atom stereocenters. The van der Waals surface area contributed by atoms with Gasteiger partial charge in [0.25, 0.3) is 0 Å². The van der Waals surface area contributed by atoms with Crippen molar-refractivity contribution in [1.82, 2.24) is 19.9 Å². The molecule has 0 aliphatic carbocycles. The summed E-state index contributed by atoms with van der Waals surface area (Å²) in [6.07, 6.45) is 3.55. The smallest absolute Gasteiger partial charge is 0.227 e. The Bertz CT molecular complexity index is 973. The molecule has 0 fully saturated rings. The predicted molar refractivity (Wildman–Crippen MR) is 110 cm³/mol. The van der Waals surface area contributed by atoms with E-state index in [0.29, 0.717) is 17.4 Å². The highest BCUT2D eigenvalue weighted by atomic mass is 16.5. The summed E-state index contributed by atoms with van der Waals surface area (Å²) in [5.41, 5.74) is 3.13. The average Bonchev–Trinajstić information content (AvgIpc) is 3.06. The van der Waals surface area contributed by atoms with Gasteiger partial charge < -0.3 is 20.1 Å². The van der Waals surface area contributed by atoms with Gasteiger partial charge in [0.2, 0.25) is 5.95 Å². The highest BCUT2D eigenvalue weighted by Crippen LogP contribution is 2.32. The van der Waals surface area contributed by atoms with Crippen molar-refractivity contribution in [1.29, 1.82) is 0 Å². The van der Waals surface area contributed by atoms with Crippen LogP contribution in [0.25, 0.3) is 11.4 Å². The van der Waals surface area contributed by atoms with Gasteiger partial charge in [-0.25, -0.2) is 15.0 Å². The molecule has 7 nitrogen and oxygen atoms in total. The fourth-order valence-electron chi connectivity index (χ4n) is 3.01. The summed E-state index contributed by atoms with van der Waals surface area (Å²) in [5, 5.41) is 13.7. The molecule has 0 atom stereocenters. The molecule has 3 N–H and O–H groups in total. The Morgan fingerprint density at radius 3 is 2.50 bits per heavy atom. The Labute approximate surface area is 165 Å². The van der Waals surface area contributed by atoms with Gasteiger partial charge in [-0.15, -0.1) is 0 Å². The SMILES string of the molecule is COc1cc(Nc2ncc(C(C)C)c(C(C)(C)O)n2)ccc1-c1ncc(C)[nH]1. The third kappa shape index (κ3) is 4.14. The molecular formula is C21H27N5O2. The number of aromatic nitrogens is 4. The molecule has 148 valence electrons. The van der Waals surface area contributed by atoms with Gasteiger partial charge in [-0.1, -0.05) is 13.8 Å². The van der Waals surface area contributed by atoms with Crippen LogP contribution in [0.5, 0.6) is 5.75 Å². The number of nitrogens with one attached hydrogen (secondary N) is 2. The highest BCUT2D eigenvalue weighted by Gasteiger charge is 2.24. The summed E-state index contributed by atoms with van der Waals surface area (Å²) in [6, 6.07) is 5.72. The maximum atomic E-state index is 10.5. The minimum absolute atomic E-state index is 0.214. The number of nitrogens with zero attached hydrogens (tertiary/aromatic N) is 3. The van der Waals surface area contributed by atoms with Crippen LogP contribution in [0.1, 0.15) is 50.6 Å². The minimum Gasteiger partial charge on any atom is -0.496 e. The van der Waals surface area contributed by atoms with Gasteiger partial charge in [-0.2, -0.15) is 0 Å². The molecule has 28 heavy (non-hydrogen) atoms. The molecule has 2 heterocycles. The van der Waals surface area contributed by atoms with Crippen molar-refractivity contribution in [2.75, 3.05) is 12.4 Å². The lowest BCUT2D eigenvalue weighted by molar-refractivity contribution is 0.0724. The maximum absolute atomic E-state index is 10.5. The second kappa shape index (κ2) is 7.59. The second-order valence-corrected chi connectivity index (χ2v) is 7.67. The first-order valence-electron chi connectivity index (χ1n) is 9.26. The molecule has 0 aliphatic rings. The fraction of sp³-hybridized carbons (Fsp3) is 0.381. The lowest BCUT2D eigenvalue weighted by Gasteiger charge is -2.22. The van der Waals surface area contributed by atoms with Crippen molar-refractivity contribution in [3.05, 3.63) is 47.5 Å². The number of hydrogen-bond donors (Lipinski definition) is 3. The summed E-state index contributed by atoms with van der Waals surface area (Å²) < 4.78 is 5.54. The normalized spacial score (nSPS) is 11.7. The van der Waals surface area contributed by atoms with Gasteiger partial charge >= 0.3 is 0 Å². The number of aliphatic hydroxyl groups is 1. The van der Waals surface area contributed by atoms with E-state index < -0.39 is 5.60 Å². The van der Waals surface area contributed by atoms with Crippen molar-refractivity contribution in [2.45, 2.75) is 46.1 Å². The summed E-state index contributed by atoms with van der Waals surface area (Å²) in [5.74, 6) is 2.07. The van der Waals surface area contributed by atoms with E-state index in [0.717, 1.165) is 28.3 Å². The van der Waals surface area contributed by atoms with E-state index in [1.165, 1.54) is 0 Å². The number of rotatable bonds is 6. The summed E-state index contributed by atoms with van der Waals surface area (Å²) in [6.45, 7) is 9.53. The molecule has 1 aromatic carbocycles. The van der Waals surface area contributed by atoms with Crippen molar-refractivity contribution >= 4 is 11.6 Å². The summed E-state index contributed by atoms with van der Waals surface area (Å²) >= 11 is 0. The van der Waals surface area contributed by atoms with Crippen molar-refractivity contribution in [3.8, 4) is 17.1 Å². The number of ether oxygens (including phenoxy) is 1. The van der Waals surface area contributed by atoms with E-state index in [2.05, 4.69) is 39.1 Å². The first kappa shape index (κ1) is 19.8. The fourth-order valence-corrected chi connectivity index (χ4v) is 3.01. The van der Waals surface area contributed by atoms with Gasteiger partial charge in [-0.05, 0) is 44.4 Å². The van der Waals surface area contributed by atoms with Crippen LogP contribution in [0.2, 0.25) is 0 Å². The largest absolute Gasteiger partial charge is 0.496 e. The zero-order chi connectivity index (χ0) is 20.5. The van der Waals surface area contributed by atoms with Crippen LogP contribution in [-0.2, 0) is 5.60 Å². The van der Waals surface area contributed by atoms with Crippen molar-refractivity contribution in [2.24, 2.45) is 0 Å². The molecule has 0 radical (unpaired) electrons. The van der Waals surface area contributed by atoms with Crippen LogP contribution < -0.4 is 10.1 Å². The van der Waals surface area contributed by atoms with E-state index in [1.54, 1.807) is 33.4 Å². The molecule has 0 bridgehead atoms. The molecule has 3 rings (SSSR count). The number of imidazole rings is 1. The second-order valence-electron chi connectivity index (χ2n) is 7.67. The van der Waals surface area contributed by atoms with Crippen LogP contribution >= 0.6 is 0 Å². The van der Waals surface area contributed by atoms with Gasteiger partial charge in [0.15, 0.2) is 0 Å². The van der Waals surface area contributed by atoms with Crippen LogP contribution in [-0.4, -0.2) is 32.2 Å². The Balaban J connectivity index is 1.93. The van der Waals surface area contributed by atoms with E-state index in [9.17, 15) is 5.11 Å². The van der Waals surface area contributed by atoms with Crippen molar-refractivity contribution in [3.63, 3.8) is 0 Å². The topological polar surface area (TPSA) is 95.9 Å². The van der Waals surface area contributed by atoms with Gasteiger partial charge in [0.1, 0.15) is 17.2 Å². The van der Waals surface area contributed by atoms with Gasteiger partial charge in [-0.3, -0.25) is 0 Å². The number of benzene rings is 1. The molecule has 0 amide bonds. The van der Waals surface area contributed by atoms with E-state index in [1.807, 2.05) is 25.1 Å². The Morgan fingerprint density at radius 2 is 1.93 bits per heavy atom. The molecule has 0 aliphatic heterocycles. The molecule has 0 saturated carbocycles. The van der Waals surface area contributed by atoms with E-state index >= 15 is 0 Å². The average molecular weight is 381 g/mol. The molecule has 7 heteroatoms. The number of aromatic amines is 1. The first-order valence-corrected chi connectivity index (χ1v) is 9.26. The number of methoxy groups -OCH3 is 1.